The van der Waals surface area contributed by atoms with Crippen LogP contribution in [0, 0.1) is 27.7 Å². The van der Waals surface area contributed by atoms with Crippen molar-refractivity contribution >= 4 is 55.0 Å². The van der Waals surface area contributed by atoms with Gasteiger partial charge in [-0.05, 0) is 63.6 Å². The van der Waals surface area contributed by atoms with Crippen LogP contribution in [-0.2, 0) is 0 Å². The van der Waals surface area contributed by atoms with Gasteiger partial charge in [-0.2, -0.15) is 0 Å². The Morgan fingerprint density at radius 2 is 1.86 bits per heavy atom. The van der Waals surface area contributed by atoms with E-state index in [4.69, 9.17) is 0 Å². The van der Waals surface area contributed by atoms with Crippen LogP contribution >= 0.6 is 39.0 Å². The Kier molecular flexibility index (Phi) is 5.64. The lowest BCUT2D eigenvalue weighted by molar-refractivity contribution is 0.102. The molecule has 4 aromatic rings. The van der Waals surface area contributed by atoms with E-state index in [9.17, 15) is 4.79 Å². The molecule has 0 unspecified atom stereocenters. The van der Waals surface area contributed by atoms with Gasteiger partial charge in [0.2, 0.25) is 0 Å². The molecule has 0 spiro atoms. The lowest BCUT2D eigenvalue weighted by atomic mass is 10.2. The van der Waals surface area contributed by atoms with Gasteiger partial charge in [-0.3, -0.25) is 4.79 Å². The molecular formula is C22H20BrN3OS2. The van der Waals surface area contributed by atoms with Crippen molar-refractivity contribution in [3.63, 3.8) is 0 Å². The third kappa shape index (κ3) is 3.79. The van der Waals surface area contributed by atoms with Crippen LogP contribution in [0.4, 0.5) is 0 Å². The molecular weight excluding hydrogens is 466 g/mol. The highest BCUT2D eigenvalue weighted by molar-refractivity contribution is 9.10. The van der Waals surface area contributed by atoms with Crippen molar-refractivity contribution in [2.75, 3.05) is 5.75 Å². The fourth-order valence-electron chi connectivity index (χ4n) is 3.50. The van der Waals surface area contributed by atoms with Crippen molar-refractivity contribution in [2.45, 2.75) is 32.7 Å². The molecule has 3 heterocycles. The summed E-state index contributed by atoms with van der Waals surface area (Å²) in [4.78, 5) is 24.1. The predicted octanol–water partition coefficient (Wildman–Crippen LogP) is 6.45. The average Bonchev–Trinajstić information content (AvgIpc) is 3.16. The lowest BCUT2D eigenvalue weighted by Gasteiger charge is -2.10. The van der Waals surface area contributed by atoms with Gasteiger partial charge in [-0.25, -0.2) is 9.97 Å². The van der Waals surface area contributed by atoms with Gasteiger partial charge in [0.1, 0.15) is 16.2 Å². The number of aromatic nitrogens is 3. The maximum Gasteiger partial charge on any atom is 0.174 e. The molecule has 148 valence electrons. The van der Waals surface area contributed by atoms with Crippen LogP contribution in [-0.4, -0.2) is 26.1 Å². The number of rotatable bonds is 5. The third-order valence-electron chi connectivity index (χ3n) is 5.09. The molecule has 0 saturated heterocycles. The van der Waals surface area contributed by atoms with Crippen LogP contribution in [0.25, 0.3) is 15.9 Å². The summed E-state index contributed by atoms with van der Waals surface area (Å²) in [6.07, 6.45) is 1.59. The summed E-state index contributed by atoms with van der Waals surface area (Å²) in [6, 6.07) is 10.1. The van der Waals surface area contributed by atoms with E-state index in [1.807, 2.05) is 44.2 Å². The Hall–Kier alpha value is -1.96. The summed E-state index contributed by atoms with van der Waals surface area (Å²) >= 11 is 6.64. The first-order valence-corrected chi connectivity index (χ1v) is 11.8. The van der Waals surface area contributed by atoms with Gasteiger partial charge in [-0.1, -0.05) is 27.7 Å². The summed E-state index contributed by atoms with van der Waals surface area (Å²) in [5.41, 5.74) is 5.03. The van der Waals surface area contributed by atoms with Crippen LogP contribution in [0.2, 0.25) is 0 Å². The molecule has 0 atom stereocenters. The molecule has 0 aliphatic carbocycles. The molecule has 4 rings (SSSR count). The van der Waals surface area contributed by atoms with Gasteiger partial charge < -0.3 is 4.57 Å². The third-order valence-corrected chi connectivity index (χ3v) is 7.72. The van der Waals surface area contributed by atoms with E-state index < -0.39 is 0 Å². The minimum atomic E-state index is 0.114. The molecule has 0 aliphatic heterocycles. The Morgan fingerprint density at radius 3 is 2.59 bits per heavy atom. The summed E-state index contributed by atoms with van der Waals surface area (Å²) in [5, 5.41) is 1.96. The molecule has 4 nitrogen and oxygen atoms in total. The number of carbonyl (C=O) groups is 1. The molecule has 0 bridgehead atoms. The van der Waals surface area contributed by atoms with Gasteiger partial charge in [0, 0.05) is 37.4 Å². The van der Waals surface area contributed by atoms with Gasteiger partial charge in [0.05, 0.1) is 5.75 Å². The van der Waals surface area contributed by atoms with Crippen molar-refractivity contribution in [3.8, 4) is 5.69 Å². The highest BCUT2D eigenvalue weighted by atomic mass is 79.9. The van der Waals surface area contributed by atoms with E-state index in [1.165, 1.54) is 22.2 Å². The molecule has 0 fully saturated rings. The van der Waals surface area contributed by atoms with E-state index >= 15 is 0 Å². The molecule has 0 amide bonds. The number of nitrogens with zero attached hydrogens (tertiary/aromatic N) is 3. The summed E-state index contributed by atoms with van der Waals surface area (Å²) in [7, 11) is 0. The SMILES string of the molecule is Cc1sc2ncnc(SCC(=O)c3cc(C)n(-c4ccc(Br)cc4)c3C)c2c1C. The monoisotopic (exact) mass is 485 g/mol. The summed E-state index contributed by atoms with van der Waals surface area (Å²) < 4.78 is 3.16. The maximum absolute atomic E-state index is 13.0. The molecule has 0 saturated carbocycles. The number of hydrogen-bond acceptors (Lipinski definition) is 5. The van der Waals surface area contributed by atoms with Gasteiger partial charge in [0.25, 0.3) is 0 Å². The number of fused-ring (bicyclic) bond motifs is 1. The van der Waals surface area contributed by atoms with E-state index in [-0.39, 0.29) is 5.78 Å². The number of Topliss-reactive ketones (excluding diaryl/α,β-unsaturated/α-hetero) is 1. The fourth-order valence-corrected chi connectivity index (χ4v) is 5.77. The van der Waals surface area contributed by atoms with Crippen molar-refractivity contribution in [3.05, 3.63) is 68.5 Å². The summed E-state index contributed by atoms with van der Waals surface area (Å²) in [6.45, 7) is 8.22. The molecule has 0 aliphatic rings. The topological polar surface area (TPSA) is 47.8 Å². The fraction of sp³-hybridized carbons (Fsp3) is 0.227. The predicted molar refractivity (Wildman–Crippen MR) is 125 cm³/mol. The first-order chi connectivity index (χ1) is 13.9. The molecule has 1 aromatic carbocycles. The second kappa shape index (κ2) is 8.05. The molecule has 3 aromatic heterocycles. The molecule has 29 heavy (non-hydrogen) atoms. The minimum Gasteiger partial charge on any atom is -0.318 e. The van der Waals surface area contributed by atoms with E-state index in [1.54, 1.807) is 17.7 Å². The number of carbonyl (C=O) groups excluding carboxylic acids is 1. The van der Waals surface area contributed by atoms with E-state index in [0.717, 1.165) is 42.4 Å². The first-order valence-electron chi connectivity index (χ1n) is 9.18. The minimum absolute atomic E-state index is 0.114. The second-order valence-electron chi connectivity index (χ2n) is 6.95. The van der Waals surface area contributed by atoms with Crippen LogP contribution in [0.3, 0.4) is 0 Å². The number of hydrogen-bond donors (Lipinski definition) is 0. The van der Waals surface area contributed by atoms with Crippen molar-refractivity contribution in [1.29, 1.82) is 0 Å². The lowest BCUT2D eigenvalue weighted by Crippen LogP contribution is -2.06. The Morgan fingerprint density at radius 1 is 1.14 bits per heavy atom. The molecule has 0 radical (unpaired) electrons. The quantitative estimate of drug-likeness (QED) is 0.185. The number of thioether (sulfide) groups is 1. The average molecular weight is 486 g/mol. The van der Waals surface area contributed by atoms with Crippen molar-refractivity contribution in [2.24, 2.45) is 0 Å². The van der Waals surface area contributed by atoms with Crippen LogP contribution in [0.1, 0.15) is 32.2 Å². The van der Waals surface area contributed by atoms with E-state index in [2.05, 4.69) is 44.3 Å². The van der Waals surface area contributed by atoms with Crippen LogP contribution in [0.15, 0.2) is 46.2 Å². The highest BCUT2D eigenvalue weighted by Gasteiger charge is 2.19. The van der Waals surface area contributed by atoms with Crippen molar-refractivity contribution in [1.82, 2.24) is 14.5 Å². The first kappa shape index (κ1) is 20.3. The zero-order valence-corrected chi connectivity index (χ0v) is 19.8. The Balaban J connectivity index is 1.60. The van der Waals surface area contributed by atoms with Gasteiger partial charge in [0.15, 0.2) is 5.78 Å². The Bertz CT molecular complexity index is 1230. The second-order valence-corrected chi connectivity index (χ2v) is 10.0. The zero-order valence-electron chi connectivity index (χ0n) is 16.6. The zero-order chi connectivity index (χ0) is 20.7. The number of halogens is 1. The van der Waals surface area contributed by atoms with Gasteiger partial charge in [-0.15, -0.1) is 11.3 Å². The van der Waals surface area contributed by atoms with Crippen LogP contribution < -0.4 is 0 Å². The number of ketones is 1. The van der Waals surface area contributed by atoms with Crippen LogP contribution in [0.5, 0.6) is 0 Å². The highest BCUT2D eigenvalue weighted by Crippen LogP contribution is 2.35. The van der Waals surface area contributed by atoms with Crippen molar-refractivity contribution < 1.29 is 4.79 Å². The Labute approximate surface area is 186 Å². The number of benzene rings is 1. The maximum atomic E-state index is 13.0. The van der Waals surface area contributed by atoms with E-state index in [0.29, 0.717) is 5.75 Å². The smallest absolute Gasteiger partial charge is 0.174 e. The number of aryl methyl sites for hydroxylation is 3. The standard InChI is InChI=1S/C22H20BrN3OS2/c1-12-9-18(14(3)26(12)17-7-5-16(23)6-8-17)19(27)10-28-21-20-13(2)15(4)29-22(20)25-11-24-21/h5-9,11H,10H2,1-4H3. The normalized spacial score (nSPS) is 11.3. The van der Waals surface area contributed by atoms with Gasteiger partial charge >= 0.3 is 0 Å². The summed E-state index contributed by atoms with van der Waals surface area (Å²) in [5.74, 6) is 0.466. The number of thiophene rings is 1. The largest absolute Gasteiger partial charge is 0.318 e. The molecule has 7 heteroatoms. The molecule has 0 N–H and O–H groups in total.